The van der Waals surface area contributed by atoms with Gasteiger partial charge in [-0.1, -0.05) is 84.4 Å². The van der Waals surface area contributed by atoms with Crippen LogP contribution in [0.5, 0.6) is 0 Å². The lowest BCUT2D eigenvalue weighted by Crippen LogP contribution is -2.60. The van der Waals surface area contributed by atoms with Gasteiger partial charge in [-0.2, -0.15) is 13.2 Å². The maximum absolute atomic E-state index is 13.8. The van der Waals surface area contributed by atoms with Crippen LogP contribution in [0.15, 0.2) is 43.0 Å². The van der Waals surface area contributed by atoms with Crippen molar-refractivity contribution >= 4 is 35.5 Å². The van der Waals surface area contributed by atoms with Gasteiger partial charge in [-0.05, 0) is 50.0 Å². The third kappa shape index (κ3) is 15.4. The van der Waals surface area contributed by atoms with Gasteiger partial charge in [0.2, 0.25) is 17.6 Å². The Morgan fingerprint density at radius 3 is 2.10 bits per heavy atom. The fraction of sp³-hybridized carbons (Fsp3) is 0.622. The highest BCUT2D eigenvalue weighted by Crippen LogP contribution is 2.43. The van der Waals surface area contributed by atoms with Crippen molar-refractivity contribution in [2.45, 2.75) is 124 Å². The molecule has 1 aromatic carbocycles. The number of esters is 1. The first-order chi connectivity index (χ1) is 24.4. The van der Waals surface area contributed by atoms with Gasteiger partial charge < -0.3 is 30.9 Å². The molecular weight excluding hydrogens is 683 g/mol. The molecule has 0 spiro atoms. The van der Waals surface area contributed by atoms with E-state index in [1.165, 1.54) is 17.9 Å². The smallest absolute Gasteiger partial charge is 0.391 e. The van der Waals surface area contributed by atoms with E-state index < -0.39 is 77.2 Å². The Kier molecular flexibility index (Phi) is 19.1. The number of carbonyl (C=O) groups is 6. The number of ether oxygens (including phenoxy) is 1. The molecular formula is C37H56F3N5O7. The van der Waals surface area contributed by atoms with E-state index >= 15 is 0 Å². The van der Waals surface area contributed by atoms with Gasteiger partial charge in [0.25, 0.3) is 5.91 Å². The number of Topliss-reactive ketones (excluding diaryl/α,β-unsaturated/α-hetero) is 1. The van der Waals surface area contributed by atoms with Crippen LogP contribution in [0.2, 0.25) is 0 Å². The van der Waals surface area contributed by atoms with Gasteiger partial charge in [-0.25, -0.2) is 9.59 Å². The van der Waals surface area contributed by atoms with E-state index in [1.807, 2.05) is 51.1 Å². The minimum Gasteiger partial charge on any atom is -0.459 e. The molecule has 15 heteroatoms. The average molecular weight is 740 g/mol. The van der Waals surface area contributed by atoms with E-state index in [-0.39, 0.29) is 26.1 Å². The lowest BCUT2D eigenvalue weighted by atomic mass is 9.85. The summed E-state index contributed by atoms with van der Waals surface area (Å²) in [6, 6.07) is 4.44. The Bertz CT molecular complexity index is 1350. The van der Waals surface area contributed by atoms with Crippen LogP contribution in [0.4, 0.5) is 18.0 Å². The number of nitrogens with zero attached hydrogens (tertiary/aromatic N) is 1. The van der Waals surface area contributed by atoms with Crippen molar-refractivity contribution in [3.63, 3.8) is 0 Å². The molecule has 292 valence electrons. The number of alkyl halides is 3. The van der Waals surface area contributed by atoms with Crippen LogP contribution in [0.1, 0.15) is 92.6 Å². The van der Waals surface area contributed by atoms with Crippen molar-refractivity contribution < 1.29 is 46.7 Å². The zero-order chi connectivity index (χ0) is 39.6. The van der Waals surface area contributed by atoms with E-state index in [9.17, 15) is 41.9 Å². The van der Waals surface area contributed by atoms with E-state index in [1.54, 1.807) is 20.8 Å². The van der Waals surface area contributed by atoms with E-state index in [0.717, 1.165) is 5.56 Å². The molecule has 1 heterocycles. The summed E-state index contributed by atoms with van der Waals surface area (Å²) in [7, 11) is 0. The van der Waals surface area contributed by atoms with Gasteiger partial charge in [0, 0.05) is 13.1 Å². The molecule has 12 nitrogen and oxygen atoms in total. The molecule has 0 bridgehead atoms. The molecule has 3 unspecified atom stereocenters. The Balaban J connectivity index is 0.00000132. The van der Waals surface area contributed by atoms with Crippen LogP contribution in [0, 0.1) is 11.3 Å². The first-order valence-corrected chi connectivity index (χ1v) is 17.8. The molecule has 1 aliphatic carbocycles. The molecule has 52 heavy (non-hydrogen) atoms. The summed E-state index contributed by atoms with van der Waals surface area (Å²) in [5, 5.41) is 10.3. The maximum atomic E-state index is 13.8. The second-order valence-electron chi connectivity index (χ2n) is 13.5. The first-order valence-electron chi connectivity index (χ1n) is 17.8. The normalized spacial score (nSPS) is 17.0. The number of amides is 5. The van der Waals surface area contributed by atoms with Crippen LogP contribution in [-0.4, -0.2) is 83.8 Å². The molecule has 3 rings (SSSR count). The van der Waals surface area contributed by atoms with Crippen LogP contribution >= 0.6 is 0 Å². The fourth-order valence-electron chi connectivity index (χ4n) is 5.05. The molecule has 1 aliphatic heterocycles. The van der Waals surface area contributed by atoms with Crippen molar-refractivity contribution in [3.05, 3.63) is 48.6 Å². The third-order valence-electron chi connectivity index (χ3n) is 8.03. The molecule has 4 N–H and O–H groups in total. The monoisotopic (exact) mass is 739 g/mol. The second-order valence-corrected chi connectivity index (χ2v) is 13.5. The van der Waals surface area contributed by atoms with Crippen LogP contribution in [-0.2, 0) is 35.3 Å². The Morgan fingerprint density at radius 1 is 0.981 bits per heavy atom. The third-order valence-corrected chi connectivity index (χ3v) is 8.03. The SMILES string of the molecule is C=CCNC(=O)C(=O)C(CCC)NC(=O)[C@@H]1CCCN1C(=O)C(NC(=O)NC(C)C(=O)OCc1ccccc1)C(C)(C)C.CC.FC(F)(F)C1CC1. The Hall–Kier alpha value is -4.43. The predicted octanol–water partition coefficient (Wildman–Crippen LogP) is 4.96. The summed E-state index contributed by atoms with van der Waals surface area (Å²) in [5.74, 6) is -4.19. The van der Waals surface area contributed by atoms with Gasteiger partial charge in [-0.3, -0.25) is 19.2 Å². The van der Waals surface area contributed by atoms with E-state index in [0.29, 0.717) is 32.1 Å². The fourth-order valence-corrected chi connectivity index (χ4v) is 5.05. The summed E-state index contributed by atoms with van der Waals surface area (Å²) in [6.07, 6.45) is -0.0387. The zero-order valence-electron chi connectivity index (χ0n) is 31.4. The van der Waals surface area contributed by atoms with Crippen molar-refractivity contribution in [1.82, 2.24) is 26.2 Å². The molecule has 2 aliphatic rings. The number of likely N-dealkylation sites (tertiary alicyclic amines) is 1. The number of halogens is 3. The second kappa shape index (κ2) is 21.8. The molecule has 1 saturated carbocycles. The number of nitrogens with one attached hydrogen (secondary N) is 4. The standard InChI is InChI=1S/C31H45N5O7.C4H5F3.C2H6/c1-7-13-22(24(37)27(39)32-17-8-2)34-26(38)23-16-12-18-36(23)28(40)25(31(4,5)6)35-30(42)33-20(3)29(41)43-19-21-14-10-9-11-15-21;5-4(6,7)3-1-2-3;1-2/h8-11,14-15,20,22-23,25H,2,7,12-13,16-19H2,1,3-6H3,(H,32,39)(H,34,38)(H2,33,35,42);3H,1-2H2;1-2H3/t20?,22?,23-,25?;;/m0../s1. The summed E-state index contributed by atoms with van der Waals surface area (Å²) in [5.41, 5.74) is 0.0513. The average Bonchev–Trinajstić information content (AvgIpc) is 3.86. The highest BCUT2D eigenvalue weighted by atomic mass is 19.4. The number of hydrogen-bond acceptors (Lipinski definition) is 7. The lowest BCUT2D eigenvalue weighted by Gasteiger charge is -2.35. The highest BCUT2D eigenvalue weighted by molar-refractivity contribution is 6.38. The predicted molar refractivity (Wildman–Crippen MR) is 191 cm³/mol. The van der Waals surface area contributed by atoms with Gasteiger partial charge in [-0.15, -0.1) is 6.58 Å². The van der Waals surface area contributed by atoms with Crippen molar-refractivity contribution in [2.24, 2.45) is 11.3 Å². The quantitative estimate of drug-likeness (QED) is 0.119. The molecule has 1 aromatic rings. The number of ketones is 1. The summed E-state index contributed by atoms with van der Waals surface area (Å²) in [6.45, 7) is 16.6. The maximum Gasteiger partial charge on any atom is 0.391 e. The summed E-state index contributed by atoms with van der Waals surface area (Å²) >= 11 is 0. The largest absolute Gasteiger partial charge is 0.459 e. The van der Waals surface area contributed by atoms with E-state index in [2.05, 4.69) is 27.8 Å². The lowest BCUT2D eigenvalue weighted by molar-refractivity contribution is -0.147. The Labute approximate surface area is 305 Å². The molecule has 0 radical (unpaired) electrons. The van der Waals surface area contributed by atoms with Crippen molar-refractivity contribution in [2.75, 3.05) is 13.1 Å². The zero-order valence-corrected chi connectivity index (χ0v) is 31.4. The number of benzene rings is 1. The minimum atomic E-state index is -3.89. The molecule has 5 amide bonds. The minimum absolute atomic E-state index is 0.0546. The van der Waals surface area contributed by atoms with Crippen LogP contribution in [0.3, 0.4) is 0 Å². The number of hydrogen-bond donors (Lipinski definition) is 4. The highest BCUT2D eigenvalue weighted by Gasteiger charge is 2.47. The molecule has 0 aromatic heterocycles. The van der Waals surface area contributed by atoms with Crippen molar-refractivity contribution in [3.8, 4) is 0 Å². The summed E-state index contributed by atoms with van der Waals surface area (Å²) < 4.78 is 39.0. The topological polar surface area (TPSA) is 163 Å². The van der Waals surface area contributed by atoms with Crippen molar-refractivity contribution in [1.29, 1.82) is 0 Å². The van der Waals surface area contributed by atoms with Gasteiger partial charge in [0.05, 0.1) is 12.0 Å². The summed E-state index contributed by atoms with van der Waals surface area (Å²) in [4.78, 5) is 78.7. The Morgan fingerprint density at radius 2 is 1.60 bits per heavy atom. The van der Waals surface area contributed by atoms with Gasteiger partial charge in [0.15, 0.2) is 0 Å². The number of rotatable bonds is 14. The molecule has 1 saturated heterocycles. The number of carbonyl (C=O) groups excluding carboxylic acids is 6. The van der Waals surface area contributed by atoms with E-state index in [4.69, 9.17) is 4.74 Å². The van der Waals surface area contributed by atoms with Gasteiger partial charge >= 0.3 is 18.2 Å². The first kappa shape index (κ1) is 45.6. The van der Waals surface area contributed by atoms with Crippen LogP contribution in [0.25, 0.3) is 0 Å². The molecule has 2 fully saturated rings. The van der Waals surface area contributed by atoms with Crippen LogP contribution < -0.4 is 21.3 Å². The number of urea groups is 1. The molecule has 4 atom stereocenters. The van der Waals surface area contributed by atoms with Gasteiger partial charge in [0.1, 0.15) is 24.7 Å².